The molecule has 1 fully saturated rings. The third-order valence-electron chi connectivity index (χ3n) is 3.84. The number of nitrogens with zero attached hydrogens (tertiary/aromatic N) is 6. The fraction of sp³-hybridized carbons (Fsp3) is 0.500. The lowest BCUT2D eigenvalue weighted by Crippen LogP contribution is -2.51. The van der Waals surface area contributed by atoms with Crippen molar-refractivity contribution in [3.05, 3.63) is 30.5 Å². The van der Waals surface area contributed by atoms with Crippen LogP contribution in [0.4, 0.5) is 0 Å². The Morgan fingerprint density at radius 3 is 2.48 bits per heavy atom. The van der Waals surface area contributed by atoms with Crippen molar-refractivity contribution in [2.75, 3.05) is 26.2 Å². The Morgan fingerprint density at radius 1 is 1.13 bits per heavy atom. The molecule has 1 aliphatic rings. The molecule has 3 heterocycles. The van der Waals surface area contributed by atoms with Gasteiger partial charge in [-0.2, -0.15) is 0 Å². The maximum atomic E-state index is 12.2. The number of carbonyl (C=O) groups excluding carboxylic acids is 2. The first-order chi connectivity index (χ1) is 11.2. The fourth-order valence-corrected chi connectivity index (χ4v) is 2.54. The van der Waals surface area contributed by atoms with Gasteiger partial charge in [0.1, 0.15) is 18.6 Å². The van der Waals surface area contributed by atoms with Crippen molar-refractivity contribution in [3.63, 3.8) is 0 Å². The third kappa shape index (κ3) is 3.93. The first-order valence-corrected chi connectivity index (χ1v) is 7.51. The molecule has 0 saturated carbocycles. The number of aryl methyl sites for hydroxylation is 1. The summed E-state index contributed by atoms with van der Waals surface area (Å²) in [5.41, 5.74) is 0. The monoisotopic (exact) mass is 318 g/mol. The Hall–Kier alpha value is -2.71. The minimum Gasteiger partial charge on any atom is -0.469 e. The Morgan fingerprint density at radius 2 is 1.87 bits per heavy atom. The van der Waals surface area contributed by atoms with E-state index in [9.17, 15) is 9.59 Å². The van der Waals surface area contributed by atoms with Crippen molar-refractivity contribution >= 4 is 11.8 Å². The Labute approximate surface area is 132 Å². The largest absolute Gasteiger partial charge is 0.469 e. The molecule has 0 bridgehead atoms. The zero-order chi connectivity index (χ0) is 16.1. The number of rotatable bonds is 5. The summed E-state index contributed by atoms with van der Waals surface area (Å²) in [5, 5.41) is 10.7. The van der Waals surface area contributed by atoms with Crippen LogP contribution in [0.3, 0.4) is 0 Å². The lowest BCUT2D eigenvalue weighted by Gasteiger charge is -2.34. The maximum Gasteiger partial charge on any atom is 0.244 e. The van der Waals surface area contributed by atoms with Gasteiger partial charge < -0.3 is 14.2 Å². The number of hydrogen-bond acceptors (Lipinski definition) is 6. The second kappa shape index (κ2) is 7.03. The van der Waals surface area contributed by atoms with E-state index in [0.29, 0.717) is 39.0 Å². The SMILES string of the molecule is O=C(CCc1ccco1)N1CCN(C(=O)Cn2cnnn2)CC1. The standard InChI is InChI=1S/C14H18N6O3/c21-13(4-3-12-2-1-9-23-12)18-5-7-19(8-6-18)14(22)10-20-11-15-16-17-20/h1-2,9,11H,3-8,10H2. The lowest BCUT2D eigenvalue weighted by molar-refractivity contribution is -0.140. The number of aromatic nitrogens is 4. The zero-order valence-electron chi connectivity index (χ0n) is 12.7. The van der Waals surface area contributed by atoms with Gasteiger partial charge >= 0.3 is 0 Å². The van der Waals surface area contributed by atoms with Crippen LogP contribution in [-0.2, 0) is 22.6 Å². The van der Waals surface area contributed by atoms with E-state index in [1.54, 1.807) is 16.1 Å². The number of hydrogen-bond donors (Lipinski definition) is 0. The molecule has 0 radical (unpaired) electrons. The summed E-state index contributed by atoms with van der Waals surface area (Å²) in [5.74, 6) is 0.863. The molecule has 1 aliphatic heterocycles. The molecule has 9 heteroatoms. The number of piperazine rings is 1. The predicted octanol–water partition coefficient (Wildman–Crippen LogP) is -0.430. The Kier molecular flexibility index (Phi) is 4.65. The Bertz CT molecular complexity index is 632. The predicted molar refractivity (Wildman–Crippen MR) is 78.0 cm³/mol. The topological polar surface area (TPSA) is 97.4 Å². The van der Waals surface area contributed by atoms with E-state index >= 15 is 0 Å². The van der Waals surface area contributed by atoms with Gasteiger partial charge in [-0.3, -0.25) is 9.59 Å². The van der Waals surface area contributed by atoms with Gasteiger partial charge in [0.2, 0.25) is 11.8 Å². The van der Waals surface area contributed by atoms with Gasteiger partial charge in [0, 0.05) is 39.0 Å². The molecule has 0 spiro atoms. The fourth-order valence-electron chi connectivity index (χ4n) is 2.54. The highest BCUT2D eigenvalue weighted by Crippen LogP contribution is 2.09. The van der Waals surface area contributed by atoms with E-state index in [1.165, 1.54) is 11.0 Å². The molecule has 23 heavy (non-hydrogen) atoms. The van der Waals surface area contributed by atoms with Gasteiger partial charge in [0.15, 0.2) is 0 Å². The summed E-state index contributed by atoms with van der Waals surface area (Å²) in [4.78, 5) is 27.8. The van der Waals surface area contributed by atoms with Gasteiger partial charge in [-0.15, -0.1) is 5.10 Å². The van der Waals surface area contributed by atoms with E-state index < -0.39 is 0 Å². The van der Waals surface area contributed by atoms with E-state index in [-0.39, 0.29) is 18.4 Å². The van der Waals surface area contributed by atoms with E-state index in [2.05, 4.69) is 15.5 Å². The molecule has 0 aliphatic carbocycles. The third-order valence-corrected chi connectivity index (χ3v) is 3.84. The number of carbonyl (C=O) groups is 2. The number of tetrazole rings is 1. The molecule has 3 rings (SSSR count). The van der Waals surface area contributed by atoms with Crippen LogP contribution >= 0.6 is 0 Å². The normalized spacial score (nSPS) is 15.0. The molecule has 0 unspecified atom stereocenters. The second-order valence-electron chi connectivity index (χ2n) is 5.35. The molecule has 0 atom stereocenters. The average Bonchev–Trinajstić information content (AvgIpc) is 3.26. The van der Waals surface area contributed by atoms with Crippen molar-refractivity contribution in [1.82, 2.24) is 30.0 Å². The second-order valence-corrected chi connectivity index (χ2v) is 5.35. The van der Waals surface area contributed by atoms with Crippen molar-refractivity contribution in [2.45, 2.75) is 19.4 Å². The first-order valence-electron chi connectivity index (χ1n) is 7.51. The van der Waals surface area contributed by atoms with Crippen LogP contribution in [0, 0.1) is 0 Å². The summed E-state index contributed by atoms with van der Waals surface area (Å²) in [6.07, 6.45) is 4.04. The Balaban J connectivity index is 1.42. The lowest BCUT2D eigenvalue weighted by atomic mass is 10.2. The molecular formula is C14H18N6O3. The summed E-state index contributed by atoms with van der Waals surface area (Å²) in [6.45, 7) is 2.30. The molecule has 2 aromatic heterocycles. The van der Waals surface area contributed by atoms with Gasteiger partial charge in [0.25, 0.3) is 0 Å². The van der Waals surface area contributed by atoms with Crippen molar-refractivity contribution in [1.29, 1.82) is 0 Å². The van der Waals surface area contributed by atoms with E-state index in [4.69, 9.17) is 4.42 Å². The molecule has 1 saturated heterocycles. The van der Waals surface area contributed by atoms with Gasteiger partial charge in [-0.05, 0) is 22.6 Å². The molecule has 0 aromatic carbocycles. The van der Waals surface area contributed by atoms with Crippen LogP contribution in [0.25, 0.3) is 0 Å². The van der Waals surface area contributed by atoms with Crippen LogP contribution in [0.2, 0.25) is 0 Å². The summed E-state index contributed by atoms with van der Waals surface area (Å²) in [6, 6.07) is 3.68. The highest BCUT2D eigenvalue weighted by Gasteiger charge is 2.24. The van der Waals surface area contributed by atoms with Crippen LogP contribution in [0.5, 0.6) is 0 Å². The highest BCUT2D eigenvalue weighted by atomic mass is 16.3. The van der Waals surface area contributed by atoms with Gasteiger partial charge in [-0.25, -0.2) is 4.68 Å². The van der Waals surface area contributed by atoms with Crippen LogP contribution in [-0.4, -0.2) is 68.0 Å². The van der Waals surface area contributed by atoms with Crippen molar-refractivity contribution in [2.24, 2.45) is 0 Å². The van der Waals surface area contributed by atoms with Crippen LogP contribution in [0.15, 0.2) is 29.1 Å². The maximum absolute atomic E-state index is 12.2. The van der Waals surface area contributed by atoms with Crippen LogP contribution in [0.1, 0.15) is 12.2 Å². The van der Waals surface area contributed by atoms with Crippen molar-refractivity contribution < 1.29 is 14.0 Å². The number of amides is 2. The average molecular weight is 318 g/mol. The first kappa shape index (κ1) is 15.2. The summed E-state index contributed by atoms with van der Waals surface area (Å²) >= 11 is 0. The zero-order valence-corrected chi connectivity index (χ0v) is 12.7. The minimum absolute atomic E-state index is 0.0417. The summed E-state index contributed by atoms with van der Waals surface area (Å²) < 4.78 is 6.62. The molecule has 122 valence electrons. The number of furan rings is 1. The quantitative estimate of drug-likeness (QED) is 0.742. The van der Waals surface area contributed by atoms with Crippen molar-refractivity contribution in [3.8, 4) is 0 Å². The van der Waals surface area contributed by atoms with Gasteiger partial charge in [0.05, 0.1) is 6.26 Å². The molecule has 0 N–H and O–H groups in total. The molecular weight excluding hydrogens is 300 g/mol. The van der Waals surface area contributed by atoms with E-state index in [1.807, 2.05) is 12.1 Å². The van der Waals surface area contributed by atoms with Gasteiger partial charge in [-0.1, -0.05) is 0 Å². The van der Waals surface area contributed by atoms with Crippen LogP contribution < -0.4 is 0 Å². The van der Waals surface area contributed by atoms with E-state index in [0.717, 1.165) is 5.76 Å². The molecule has 2 amide bonds. The smallest absolute Gasteiger partial charge is 0.244 e. The summed E-state index contributed by atoms with van der Waals surface area (Å²) in [7, 11) is 0. The molecule has 9 nitrogen and oxygen atoms in total. The minimum atomic E-state index is -0.0417. The molecule has 2 aromatic rings. The highest BCUT2D eigenvalue weighted by molar-refractivity contribution is 5.78.